The molecular weight excluding hydrogens is 380 g/mol. The monoisotopic (exact) mass is 414 g/mol. The van der Waals surface area contributed by atoms with E-state index in [1.807, 2.05) is 13.8 Å². The van der Waals surface area contributed by atoms with Gasteiger partial charge < -0.3 is 26.4 Å². The second-order valence-electron chi connectivity index (χ2n) is 6.99. The van der Waals surface area contributed by atoms with Crippen LogP contribution in [0.2, 0.25) is 0 Å². The van der Waals surface area contributed by atoms with Gasteiger partial charge in [-0.2, -0.15) is 0 Å². The van der Waals surface area contributed by atoms with Gasteiger partial charge in [0.15, 0.2) is 5.78 Å². The summed E-state index contributed by atoms with van der Waals surface area (Å²) < 4.78 is 0. The molecule has 0 fully saturated rings. The van der Waals surface area contributed by atoms with Gasteiger partial charge in [-0.05, 0) is 19.3 Å². The quantitative estimate of drug-likeness (QED) is 0.218. The standard InChI is InChI=1S/C19H34N4O6/c1-4-15(24)14(7-5-6-10-20-16(25)8-9-19(28)29)23-18(27)12-22-17(26)11-21-13(2)3/h13-14,21H,4-12H2,1-3H3,(H,20,25)(H,22,26)(H,23,27)(H,28,29)/t14-/m0/s1. The Morgan fingerprint density at radius 3 is 2.14 bits per heavy atom. The van der Waals surface area contributed by atoms with Gasteiger partial charge in [0.25, 0.3) is 0 Å². The van der Waals surface area contributed by atoms with Crippen molar-refractivity contribution in [2.45, 2.75) is 71.4 Å². The topological polar surface area (TPSA) is 154 Å². The molecule has 1 atom stereocenters. The fraction of sp³-hybridized carbons (Fsp3) is 0.737. The number of carbonyl (C=O) groups excluding carboxylic acids is 4. The molecule has 0 spiro atoms. The second kappa shape index (κ2) is 15.4. The number of Topliss-reactive ketones (excluding diaryl/α,β-unsaturated/α-hetero) is 1. The number of amides is 3. The van der Waals surface area contributed by atoms with Crippen molar-refractivity contribution in [2.75, 3.05) is 19.6 Å². The number of aliphatic carboxylic acids is 1. The van der Waals surface area contributed by atoms with E-state index >= 15 is 0 Å². The van der Waals surface area contributed by atoms with E-state index in [0.717, 1.165) is 0 Å². The number of carboxylic acids is 1. The van der Waals surface area contributed by atoms with Crippen LogP contribution in [-0.2, 0) is 24.0 Å². The maximum atomic E-state index is 12.0. The Labute approximate surface area is 171 Å². The van der Waals surface area contributed by atoms with Crippen LogP contribution < -0.4 is 21.3 Å². The van der Waals surface area contributed by atoms with Crippen LogP contribution in [0.5, 0.6) is 0 Å². The molecule has 10 nitrogen and oxygen atoms in total. The minimum Gasteiger partial charge on any atom is -0.481 e. The van der Waals surface area contributed by atoms with Gasteiger partial charge in [-0.1, -0.05) is 20.8 Å². The second-order valence-corrected chi connectivity index (χ2v) is 6.99. The van der Waals surface area contributed by atoms with Gasteiger partial charge in [-0.15, -0.1) is 0 Å². The minimum absolute atomic E-state index is 0.0687. The van der Waals surface area contributed by atoms with Crippen molar-refractivity contribution in [3.8, 4) is 0 Å². The molecule has 0 aliphatic carbocycles. The summed E-state index contributed by atoms with van der Waals surface area (Å²) in [6.45, 7) is 5.80. The predicted molar refractivity (Wildman–Crippen MR) is 107 cm³/mol. The Bertz CT molecular complexity index is 565. The molecule has 0 aromatic carbocycles. The predicted octanol–water partition coefficient (Wildman–Crippen LogP) is -0.284. The van der Waals surface area contributed by atoms with Gasteiger partial charge in [0.1, 0.15) is 0 Å². The first-order valence-electron chi connectivity index (χ1n) is 9.96. The highest BCUT2D eigenvalue weighted by Gasteiger charge is 2.19. The third kappa shape index (κ3) is 15.1. The molecule has 0 aliphatic rings. The van der Waals surface area contributed by atoms with Crippen molar-refractivity contribution in [3.63, 3.8) is 0 Å². The molecule has 29 heavy (non-hydrogen) atoms. The lowest BCUT2D eigenvalue weighted by atomic mass is 10.0. The van der Waals surface area contributed by atoms with Crippen LogP contribution in [0, 0.1) is 0 Å². The molecule has 0 aromatic heterocycles. The summed E-state index contributed by atoms with van der Waals surface area (Å²) in [6, 6.07) is -0.482. The maximum absolute atomic E-state index is 12.0. The first-order valence-corrected chi connectivity index (χ1v) is 9.96. The van der Waals surface area contributed by atoms with E-state index < -0.39 is 17.9 Å². The summed E-state index contributed by atoms with van der Waals surface area (Å²) in [4.78, 5) is 57.5. The minimum atomic E-state index is -1.02. The summed E-state index contributed by atoms with van der Waals surface area (Å²) in [7, 11) is 0. The molecule has 166 valence electrons. The van der Waals surface area contributed by atoms with Crippen molar-refractivity contribution in [3.05, 3.63) is 0 Å². The van der Waals surface area contributed by atoms with Crippen LogP contribution in [0.3, 0.4) is 0 Å². The normalized spacial score (nSPS) is 11.6. The molecule has 0 unspecified atom stereocenters. The number of ketones is 1. The largest absolute Gasteiger partial charge is 0.481 e. The maximum Gasteiger partial charge on any atom is 0.303 e. The van der Waals surface area contributed by atoms with Gasteiger partial charge in [-0.3, -0.25) is 24.0 Å². The highest BCUT2D eigenvalue weighted by molar-refractivity contribution is 5.91. The zero-order valence-corrected chi connectivity index (χ0v) is 17.5. The number of rotatable bonds is 16. The van der Waals surface area contributed by atoms with Crippen molar-refractivity contribution >= 4 is 29.5 Å². The summed E-state index contributed by atoms with van der Waals surface area (Å²) in [5.41, 5.74) is 0. The fourth-order valence-corrected chi connectivity index (χ4v) is 2.35. The Morgan fingerprint density at radius 2 is 1.55 bits per heavy atom. The Morgan fingerprint density at radius 1 is 0.862 bits per heavy atom. The molecule has 3 amide bonds. The average Bonchev–Trinajstić information content (AvgIpc) is 2.67. The van der Waals surface area contributed by atoms with Crippen LogP contribution in [0.25, 0.3) is 0 Å². The van der Waals surface area contributed by atoms with Crippen molar-refractivity contribution in [2.24, 2.45) is 0 Å². The van der Waals surface area contributed by atoms with E-state index in [0.29, 0.717) is 25.8 Å². The molecule has 0 saturated carbocycles. The number of nitrogens with one attached hydrogen (secondary N) is 4. The van der Waals surface area contributed by atoms with Crippen LogP contribution in [0.1, 0.15) is 59.3 Å². The molecule has 0 bridgehead atoms. The zero-order valence-electron chi connectivity index (χ0n) is 17.5. The van der Waals surface area contributed by atoms with E-state index in [-0.39, 0.29) is 56.0 Å². The lowest BCUT2D eigenvalue weighted by Crippen LogP contribution is -2.47. The summed E-state index contributed by atoms with van der Waals surface area (Å²) in [6.07, 6.45) is 1.61. The summed E-state index contributed by atoms with van der Waals surface area (Å²) >= 11 is 0. The van der Waals surface area contributed by atoms with E-state index in [4.69, 9.17) is 5.11 Å². The number of carboxylic acid groups (broad SMARTS) is 1. The fourth-order valence-electron chi connectivity index (χ4n) is 2.35. The van der Waals surface area contributed by atoms with Crippen molar-refractivity contribution in [1.82, 2.24) is 21.3 Å². The van der Waals surface area contributed by atoms with E-state index in [1.165, 1.54) is 0 Å². The molecular formula is C19H34N4O6. The van der Waals surface area contributed by atoms with Crippen LogP contribution in [0.15, 0.2) is 0 Å². The SMILES string of the molecule is CCC(=O)[C@H](CCCCNC(=O)CCC(=O)O)NC(=O)CNC(=O)CNC(C)C. The van der Waals surface area contributed by atoms with Gasteiger partial charge in [-0.25, -0.2) is 0 Å². The van der Waals surface area contributed by atoms with Gasteiger partial charge in [0.2, 0.25) is 17.7 Å². The van der Waals surface area contributed by atoms with Gasteiger partial charge in [0.05, 0.1) is 25.6 Å². The molecule has 10 heteroatoms. The van der Waals surface area contributed by atoms with Crippen LogP contribution >= 0.6 is 0 Å². The number of unbranched alkanes of at least 4 members (excludes halogenated alkanes) is 1. The first-order chi connectivity index (χ1) is 13.6. The Hall–Kier alpha value is -2.49. The lowest BCUT2D eigenvalue weighted by Gasteiger charge is -2.17. The first kappa shape index (κ1) is 26.5. The molecule has 0 aliphatic heterocycles. The van der Waals surface area contributed by atoms with Crippen molar-refractivity contribution in [1.29, 1.82) is 0 Å². The smallest absolute Gasteiger partial charge is 0.303 e. The highest BCUT2D eigenvalue weighted by Crippen LogP contribution is 2.04. The van der Waals surface area contributed by atoms with Crippen LogP contribution in [-0.4, -0.2) is 66.3 Å². The highest BCUT2D eigenvalue weighted by atomic mass is 16.4. The Kier molecular flexibility index (Phi) is 14.1. The zero-order chi connectivity index (χ0) is 22.2. The number of carbonyl (C=O) groups is 5. The average molecular weight is 415 g/mol. The molecule has 0 saturated heterocycles. The third-order valence-electron chi connectivity index (χ3n) is 4.00. The Balaban J connectivity index is 4.18. The summed E-state index contributed by atoms with van der Waals surface area (Å²) in [5, 5.41) is 19.2. The van der Waals surface area contributed by atoms with E-state index in [1.54, 1.807) is 6.92 Å². The van der Waals surface area contributed by atoms with E-state index in [9.17, 15) is 24.0 Å². The van der Waals surface area contributed by atoms with Gasteiger partial charge >= 0.3 is 5.97 Å². The number of hydrogen-bond acceptors (Lipinski definition) is 6. The summed E-state index contributed by atoms with van der Waals surface area (Å²) in [5.74, 6) is -2.19. The third-order valence-corrected chi connectivity index (χ3v) is 4.00. The molecule has 0 aromatic rings. The molecule has 5 N–H and O–H groups in total. The van der Waals surface area contributed by atoms with Crippen molar-refractivity contribution < 1.29 is 29.1 Å². The number of hydrogen-bond donors (Lipinski definition) is 5. The lowest BCUT2D eigenvalue weighted by molar-refractivity contribution is -0.138. The molecule has 0 rings (SSSR count). The molecule has 0 radical (unpaired) electrons. The van der Waals surface area contributed by atoms with Gasteiger partial charge in [0, 0.05) is 25.4 Å². The van der Waals surface area contributed by atoms with Crippen LogP contribution in [0.4, 0.5) is 0 Å². The van der Waals surface area contributed by atoms with E-state index in [2.05, 4.69) is 21.3 Å². The molecule has 0 heterocycles.